The fourth-order valence-electron chi connectivity index (χ4n) is 4.87. The Bertz CT molecular complexity index is 1120. The number of hydrogen-bond donors (Lipinski definition) is 1. The molecular weight excluding hydrogens is 422 g/mol. The number of benzene rings is 2. The van der Waals surface area contributed by atoms with Crippen molar-refractivity contribution in [2.45, 2.75) is 44.7 Å². The average molecular weight is 449 g/mol. The molecule has 4 rings (SSSR count). The summed E-state index contributed by atoms with van der Waals surface area (Å²) >= 11 is 0. The molecule has 5 nitrogen and oxygen atoms in total. The van der Waals surface area contributed by atoms with Crippen molar-refractivity contribution in [2.24, 2.45) is 5.41 Å². The van der Waals surface area contributed by atoms with Gasteiger partial charge in [0, 0.05) is 18.6 Å². The molecular formula is C23H26F2N2O3S. The van der Waals surface area contributed by atoms with Crippen LogP contribution >= 0.6 is 0 Å². The first-order chi connectivity index (χ1) is 14.5. The van der Waals surface area contributed by atoms with Gasteiger partial charge >= 0.3 is 0 Å². The number of amides is 1. The summed E-state index contributed by atoms with van der Waals surface area (Å²) in [5.74, 6) is -1.48. The van der Waals surface area contributed by atoms with Gasteiger partial charge in [0.1, 0.15) is 11.6 Å². The lowest BCUT2D eigenvalue weighted by Gasteiger charge is -2.26. The molecule has 2 aliphatic rings. The minimum atomic E-state index is -3.36. The van der Waals surface area contributed by atoms with Crippen LogP contribution in [0.25, 0.3) is 11.1 Å². The quantitative estimate of drug-likeness (QED) is 0.759. The van der Waals surface area contributed by atoms with Crippen LogP contribution < -0.4 is 4.72 Å². The second kappa shape index (κ2) is 7.67. The van der Waals surface area contributed by atoms with E-state index < -0.39 is 27.1 Å². The lowest BCUT2D eigenvalue weighted by Crippen LogP contribution is -2.41. The van der Waals surface area contributed by atoms with Gasteiger partial charge in [-0.3, -0.25) is 4.79 Å². The maximum atomic E-state index is 14.5. The largest absolute Gasteiger partial charge is 0.338 e. The van der Waals surface area contributed by atoms with Crippen LogP contribution in [0.15, 0.2) is 42.5 Å². The fourth-order valence-corrected chi connectivity index (χ4v) is 5.64. The SMILES string of the molecule is C[C@H]1C[C@H](NS(C)(=O)=O)CN1C(=O)[C@@]1(C)C[C@@H]1c1ccccc1-c1c(F)cccc1F. The Balaban J connectivity index is 1.60. The Hall–Kier alpha value is -2.32. The molecule has 0 spiro atoms. The molecule has 1 saturated heterocycles. The number of sulfonamides is 1. The maximum absolute atomic E-state index is 14.5. The summed E-state index contributed by atoms with van der Waals surface area (Å²) in [5, 5.41) is 0. The van der Waals surface area contributed by atoms with Crippen LogP contribution in [0.5, 0.6) is 0 Å². The van der Waals surface area contributed by atoms with Crippen molar-refractivity contribution in [3.8, 4) is 11.1 Å². The van der Waals surface area contributed by atoms with Crippen LogP contribution in [-0.4, -0.2) is 44.1 Å². The summed E-state index contributed by atoms with van der Waals surface area (Å²) in [4.78, 5) is 15.1. The zero-order chi connectivity index (χ0) is 22.6. The number of carbonyl (C=O) groups is 1. The van der Waals surface area contributed by atoms with Gasteiger partial charge in [0.05, 0.1) is 17.2 Å². The zero-order valence-corrected chi connectivity index (χ0v) is 18.5. The number of halogens is 2. The van der Waals surface area contributed by atoms with Crippen LogP contribution in [0.3, 0.4) is 0 Å². The van der Waals surface area contributed by atoms with Gasteiger partial charge in [0.2, 0.25) is 15.9 Å². The minimum absolute atomic E-state index is 0.0494. The van der Waals surface area contributed by atoms with E-state index in [9.17, 15) is 22.0 Å². The average Bonchev–Trinajstić information content (AvgIpc) is 3.24. The predicted octanol–water partition coefficient (Wildman–Crippen LogP) is 3.66. The zero-order valence-electron chi connectivity index (χ0n) is 17.7. The maximum Gasteiger partial charge on any atom is 0.229 e. The third kappa shape index (κ3) is 4.11. The molecule has 2 aromatic carbocycles. The Morgan fingerprint density at radius 3 is 2.42 bits per heavy atom. The molecule has 31 heavy (non-hydrogen) atoms. The summed E-state index contributed by atoms with van der Waals surface area (Å²) in [7, 11) is -3.36. The van der Waals surface area contributed by atoms with Gasteiger partial charge in [-0.05, 0) is 48.9 Å². The molecule has 1 aliphatic heterocycles. The molecule has 2 fully saturated rings. The van der Waals surface area contributed by atoms with E-state index in [1.165, 1.54) is 18.2 Å². The highest BCUT2D eigenvalue weighted by Crippen LogP contribution is 2.62. The highest BCUT2D eigenvalue weighted by Gasteiger charge is 2.59. The number of hydrogen-bond acceptors (Lipinski definition) is 3. The van der Waals surface area contributed by atoms with E-state index in [-0.39, 0.29) is 29.5 Å². The topological polar surface area (TPSA) is 66.5 Å². The summed E-state index contributed by atoms with van der Waals surface area (Å²) in [6.45, 7) is 4.10. The molecule has 1 amide bonds. The van der Waals surface area contributed by atoms with Gasteiger partial charge in [-0.2, -0.15) is 0 Å². The highest BCUT2D eigenvalue weighted by molar-refractivity contribution is 7.88. The standard InChI is InChI=1S/C23H26F2N2O3S/c1-14-11-15(26-31(3,29)30)13-27(14)22(28)23(2)12-18(23)16-7-4-5-8-17(16)21-19(24)9-6-10-20(21)25/h4-10,14-15,18,26H,11-13H2,1-3H3/t14-,15-,18+,23-/m0/s1. The Morgan fingerprint density at radius 2 is 1.77 bits per heavy atom. The van der Waals surface area contributed by atoms with E-state index >= 15 is 0 Å². The lowest BCUT2D eigenvalue weighted by molar-refractivity contribution is -0.137. The fraction of sp³-hybridized carbons (Fsp3) is 0.435. The number of carbonyl (C=O) groups excluding carboxylic acids is 1. The second-order valence-corrected chi connectivity index (χ2v) is 10.8. The third-order valence-electron chi connectivity index (χ3n) is 6.51. The normalized spacial score (nSPS) is 28.0. The van der Waals surface area contributed by atoms with Crippen molar-refractivity contribution in [1.29, 1.82) is 0 Å². The van der Waals surface area contributed by atoms with Crippen molar-refractivity contribution in [3.63, 3.8) is 0 Å². The van der Waals surface area contributed by atoms with Gasteiger partial charge in [0.25, 0.3) is 0 Å². The first kappa shape index (κ1) is 21.9. The van der Waals surface area contributed by atoms with Crippen LogP contribution in [0, 0.1) is 17.0 Å². The number of likely N-dealkylation sites (tertiary alicyclic amines) is 1. The smallest absolute Gasteiger partial charge is 0.229 e. The summed E-state index contributed by atoms with van der Waals surface area (Å²) in [5.41, 5.74) is 0.448. The van der Waals surface area contributed by atoms with Gasteiger partial charge in [-0.25, -0.2) is 21.9 Å². The molecule has 0 aromatic heterocycles. The van der Waals surface area contributed by atoms with E-state index in [0.717, 1.165) is 11.8 Å². The summed E-state index contributed by atoms with van der Waals surface area (Å²) < 4.78 is 54.6. The number of rotatable bonds is 5. The van der Waals surface area contributed by atoms with Crippen molar-refractivity contribution >= 4 is 15.9 Å². The summed E-state index contributed by atoms with van der Waals surface area (Å²) in [6, 6.07) is 10.4. The molecule has 2 aromatic rings. The van der Waals surface area contributed by atoms with Crippen molar-refractivity contribution in [3.05, 3.63) is 59.7 Å². The second-order valence-electron chi connectivity index (χ2n) is 8.99. The Morgan fingerprint density at radius 1 is 1.13 bits per heavy atom. The first-order valence-electron chi connectivity index (χ1n) is 10.3. The first-order valence-corrected chi connectivity index (χ1v) is 12.2. The minimum Gasteiger partial charge on any atom is -0.338 e. The van der Waals surface area contributed by atoms with Gasteiger partial charge in [-0.15, -0.1) is 0 Å². The monoisotopic (exact) mass is 448 g/mol. The van der Waals surface area contributed by atoms with Crippen molar-refractivity contribution < 1.29 is 22.0 Å². The molecule has 1 saturated carbocycles. The van der Waals surface area contributed by atoms with Gasteiger partial charge in [0.15, 0.2) is 0 Å². The molecule has 8 heteroatoms. The van der Waals surface area contributed by atoms with E-state index in [4.69, 9.17) is 0 Å². The third-order valence-corrected chi connectivity index (χ3v) is 7.27. The van der Waals surface area contributed by atoms with Crippen molar-refractivity contribution in [1.82, 2.24) is 9.62 Å². The molecule has 1 N–H and O–H groups in total. The van der Waals surface area contributed by atoms with Gasteiger partial charge < -0.3 is 4.90 Å². The molecule has 0 bridgehead atoms. The molecule has 0 unspecified atom stereocenters. The lowest BCUT2D eigenvalue weighted by atomic mass is 9.91. The van der Waals surface area contributed by atoms with E-state index in [0.29, 0.717) is 24.9 Å². The molecule has 166 valence electrons. The van der Waals surface area contributed by atoms with E-state index in [2.05, 4.69) is 4.72 Å². The predicted molar refractivity (Wildman–Crippen MR) is 115 cm³/mol. The summed E-state index contributed by atoms with van der Waals surface area (Å²) in [6.07, 6.45) is 2.24. The van der Waals surface area contributed by atoms with Crippen molar-refractivity contribution in [2.75, 3.05) is 12.8 Å². The molecule has 1 heterocycles. The molecule has 0 radical (unpaired) electrons. The van der Waals surface area contributed by atoms with Crippen LogP contribution in [0.4, 0.5) is 8.78 Å². The molecule has 1 aliphatic carbocycles. The Kier molecular flexibility index (Phi) is 5.42. The van der Waals surface area contributed by atoms with E-state index in [1.54, 1.807) is 17.0 Å². The van der Waals surface area contributed by atoms with E-state index in [1.807, 2.05) is 26.0 Å². The van der Waals surface area contributed by atoms with Crippen LogP contribution in [-0.2, 0) is 14.8 Å². The number of nitrogens with zero attached hydrogens (tertiary/aromatic N) is 1. The number of nitrogens with one attached hydrogen (secondary N) is 1. The Labute approximate surface area is 181 Å². The molecule has 4 atom stereocenters. The van der Waals surface area contributed by atoms with Gasteiger partial charge in [-0.1, -0.05) is 37.3 Å². The highest BCUT2D eigenvalue weighted by atomic mass is 32.2. The van der Waals surface area contributed by atoms with Crippen LogP contribution in [0.2, 0.25) is 0 Å². The van der Waals surface area contributed by atoms with Crippen LogP contribution in [0.1, 0.15) is 38.2 Å².